The Morgan fingerprint density at radius 2 is 2.33 bits per heavy atom. The van der Waals surface area contributed by atoms with E-state index >= 15 is 0 Å². The largest absolute Gasteiger partial charge is 0.383 e. The summed E-state index contributed by atoms with van der Waals surface area (Å²) in [5.41, 5.74) is 5.63. The molecule has 9 heavy (non-hydrogen) atoms. The topological polar surface area (TPSA) is 35.2 Å². The maximum absolute atomic E-state index is 5.63. The minimum atomic E-state index is 0.224. The van der Waals surface area contributed by atoms with E-state index in [1.165, 1.54) is 0 Å². The monoisotopic (exact) mass is 149 g/mol. The minimum Gasteiger partial charge on any atom is -0.383 e. The zero-order chi connectivity index (χ0) is 7.11. The molecule has 2 nitrogen and oxygen atoms in total. The van der Waals surface area contributed by atoms with Gasteiger partial charge in [-0.15, -0.1) is 0 Å². The lowest BCUT2D eigenvalue weighted by Crippen LogP contribution is -2.25. The van der Waals surface area contributed by atoms with E-state index in [1.54, 1.807) is 7.11 Å². The maximum atomic E-state index is 5.63. The molecular formula is C6H15NOS. The van der Waals surface area contributed by atoms with Crippen LogP contribution in [-0.2, 0) is 4.74 Å². The van der Waals surface area contributed by atoms with Crippen molar-refractivity contribution < 1.29 is 4.74 Å². The predicted molar refractivity (Wildman–Crippen MR) is 42.9 cm³/mol. The van der Waals surface area contributed by atoms with E-state index in [1.807, 2.05) is 11.8 Å². The first-order chi connectivity index (χ1) is 4.31. The van der Waals surface area contributed by atoms with Gasteiger partial charge < -0.3 is 10.5 Å². The number of hydrogen-bond donors (Lipinski definition) is 1. The molecule has 0 aromatic heterocycles. The molecule has 0 amide bonds. The summed E-state index contributed by atoms with van der Waals surface area (Å²) in [5.74, 6) is 1.13. The molecule has 1 atom stereocenters. The Morgan fingerprint density at radius 1 is 1.67 bits per heavy atom. The van der Waals surface area contributed by atoms with E-state index in [-0.39, 0.29) is 6.04 Å². The van der Waals surface area contributed by atoms with E-state index in [9.17, 15) is 0 Å². The molecule has 0 aliphatic rings. The molecule has 0 radical (unpaired) electrons. The summed E-state index contributed by atoms with van der Waals surface area (Å²) in [6, 6.07) is 0.224. The van der Waals surface area contributed by atoms with Crippen molar-refractivity contribution in [3.05, 3.63) is 0 Å². The van der Waals surface area contributed by atoms with Crippen molar-refractivity contribution >= 4 is 11.8 Å². The first-order valence-electron chi connectivity index (χ1n) is 3.04. The van der Waals surface area contributed by atoms with Gasteiger partial charge in [0.2, 0.25) is 0 Å². The van der Waals surface area contributed by atoms with Gasteiger partial charge in [0.05, 0.1) is 6.61 Å². The third-order valence-corrected chi connectivity index (χ3v) is 1.72. The number of rotatable bonds is 5. The Balaban J connectivity index is 2.95. The van der Waals surface area contributed by atoms with Crippen molar-refractivity contribution in [3.8, 4) is 0 Å². The molecule has 0 bridgehead atoms. The van der Waals surface area contributed by atoms with E-state index in [0.29, 0.717) is 6.61 Å². The van der Waals surface area contributed by atoms with Gasteiger partial charge in [-0.3, -0.25) is 0 Å². The third kappa shape index (κ3) is 6.15. The fourth-order valence-corrected chi connectivity index (χ4v) is 1.11. The van der Waals surface area contributed by atoms with Crippen LogP contribution in [0, 0.1) is 0 Å². The Labute approximate surface area is 61.1 Å². The van der Waals surface area contributed by atoms with Gasteiger partial charge in [-0.1, -0.05) is 0 Å². The molecule has 0 aliphatic heterocycles. The van der Waals surface area contributed by atoms with Gasteiger partial charge in [0.15, 0.2) is 0 Å². The Morgan fingerprint density at radius 3 is 2.78 bits per heavy atom. The molecule has 0 aliphatic carbocycles. The lowest BCUT2D eigenvalue weighted by atomic mass is 10.3. The van der Waals surface area contributed by atoms with Crippen LogP contribution in [0.2, 0.25) is 0 Å². The lowest BCUT2D eigenvalue weighted by Gasteiger charge is -2.07. The van der Waals surface area contributed by atoms with Crippen molar-refractivity contribution in [3.63, 3.8) is 0 Å². The molecule has 0 rings (SSSR count). The molecule has 0 aromatic carbocycles. The van der Waals surface area contributed by atoms with Crippen LogP contribution < -0.4 is 5.73 Å². The van der Waals surface area contributed by atoms with E-state index < -0.39 is 0 Å². The zero-order valence-electron chi connectivity index (χ0n) is 6.09. The summed E-state index contributed by atoms with van der Waals surface area (Å²) >= 11 is 1.82. The number of thioether (sulfide) groups is 1. The van der Waals surface area contributed by atoms with Crippen LogP contribution in [0.5, 0.6) is 0 Å². The summed E-state index contributed by atoms with van der Waals surface area (Å²) in [5, 5.41) is 0. The van der Waals surface area contributed by atoms with Crippen LogP contribution in [0.4, 0.5) is 0 Å². The SMILES string of the molecule is COC[C@@H](N)CCSC. The number of hydrogen-bond acceptors (Lipinski definition) is 3. The van der Waals surface area contributed by atoms with Crippen molar-refractivity contribution in [1.29, 1.82) is 0 Å². The van der Waals surface area contributed by atoms with Gasteiger partial charge in [0.1, 0.15) is 0 Å². The van der Waals surface area contributed by atoms with Gasteiger partial charge >= 0.3 is 0 Å². The average molecular weight is 149 g/mol. The zero-order valence-corrected chi connectivity index (χ0v) is 6.91. The van der Waals surface area contributed by atoms with Crippen molar-refractivity contribution in [2.75, 3.05) is 25.7 Å². The highest BCUT2D eigenvalue weighted by molar-refractivity contribution is 7.98. The summed E-state index contributed by atoms with van der Waals surface area (Å²) in [6.45, 7) is 0.681. The fraction of sp³-hybridized carbons (Fsp3) is 1.00. The van der Waals surface area contributed by atoms with Crippen LogP contribution in [0.3, 0.4) is 0 Å². The summed E-state index contributed by atoms with van der Waals surface area (Å²) in [7, 11) is 1.68. The van der Waals surface area contributed by atoms with Gasteiger partial charge in [0.25, 0.3) is 0 Å². The molecule has 0 saturated carbocycles. The van der Waals surface area contributed by atoms with Crippen molar-refractivity contribution in [1.82, 2.24) is 0 Å². The second kappa shape index (κ2) is 6.39. The summed E-state index contributed by atoms with van der Waals surface area (Å²) < 4.78 is 4.87. The molecule has 56 valence electrons. The smallest absolute Gasteiger partial charge is 0.0614 e. The van der Waals surface area contributed by atoms with Crippen molar-refractivity contribution in [2.45, 2.75) is 12.5 Å². The number of nitrogens with two attached hydrogens (primary N) is 1. The van der Waals surface area contributed by atoms with Crippen molar-refractivity contribution in [2.24, 2.45) is 5.73 Å². The normalized spacial score (nSPS) is 13.7. The standard InChI is InChI=1S/C6H15NOS/c1-8-5-6(7)3-4-9-2/h6H,3-5,7H2,1-2H3/t6-/m0/s1. The van der Waals surface area contributed by atoms with Crippen LogP contribution in [0.1, 0.15) is 6.42 Å². The number of ether oxygens (including phenoxy) is 1. The van der Waals surface area contributed by atoms with Crippen LogP contribution >= 0.6 is 11.8 Å². The van der Waals surface area contributed by atoms with E-state index in [4.69, 9.17) is 10.5 Å². The minimum absolute atomic E-state index is 0.224. The van der Waals surface area contributed by atoms with Crippen LogP contribution in [0.15, 0.2) is 0 Å². The van der Waals surface area contributed by atoms with Gasteiger partial charge in [-0.05, 0) is 18.4 Å². The van der Waals surface area contributed by atoms with Gasteiger partial charge in [-0.25, -0.2) is 0 Å². The Hall–Kier alpha value is 0.270. The van der Waals surface area contributed by atoms with Crippen LogP contribution in [0.25, 0.3) is 0 Å². The molecule has 3 heteroatoms. The lowest BCUT2D eigenvalue weighted by molar-refractivity contribution is 0.179. The van der Waals surface area contributed by atoms with E-state index in [2.05, 4.69) is 6.26 Å². The third-order valence-electron chi connectivity index (χ3n) is 1.07. The average Bonchev–Trinajstić information content (AvgIpc) is 1.85. The quantitative estimate of drug-likeness (QED) is 0.625. The second-order valence-electron chi connectivity index (χ2n) is 2.00. The summed E-state index contributed by atoms with van der Waals surface area (Å²) in [4.78, 5) is 0. The molecule has 0 aromatic rings. The highest BCUT2D eigenvalue weighted by atomic mass is 32.2. The van der Waals surface area contributed by atoms with Crippen LogP contribution in [-0.4, -0.2) is 31.8 Å². The molecule has 0 heterocycles. The van der Waals surface area contributed by atoms with Gasteiger partial charge in [0, 0.05) is 13.2 Å². The molecule has 2 N–H and O–H groups in total. The van der Waals surface area contributed by atoms with Gasteiger partial charge in [-0.2, -0.15) is 11.8 Å². The fourth-order valence-electron chi connectivity index (χ4n) is 0.567. The van der Waals surface area contributed by atoms with E-state index in [0.717, 1.165) is 12.2 Å². The second-order valence-corrected chi connectivity index (χ2v) is 2.98. The highest BCUT2D eigenvalue weighted by Crippen LogP contribution is 1.97. The summed E-state index contributed by atoms with van der Waals surface area (Å²) in [6.07, 6.45) is 3.13. The Kier molecular flexibility index (Phi) is 6.58. The molecule has 0 saturated heterocycles. The number of methoxy groups -OCH3 is 1. The maximum Gasteiger partial charge on any atom is 0.0614 e. The predicted octanol–water partition coefficient (Wildman–Crippen LogP) is 0.713. The first-order valence-corrected chi connectivity index (χ1v) is 4.44. The highest BCUT2D eigenvalue weighted by Gasteiger charge is 1.98. The first kappa shape index (κ1) is 9.27. The molecule has 0 fully saturated rings. The molecular weight excluding hydrogens is 134 g/mol. The molecule has 0 unspecified atom stereocenters. The molecule has 0 spiro atoms. The Bertz CT molecular complexity index is 61.0.